The molecule has 1 heterocycles. The molecule has 0 saturated heterocycles. The van der Waals surface area contributed by atoms with E-state index in [0.29, 0.717) is 0 Å². The minimum atomic E-state index is 0.262. The lowest BCUT2D eigenvalue weighted by molar-refractivity contribution is 0.439. The predicted molar refractivity (Wildman–Crippen MR) is 54.6 cm³/mol. The van der Waals surface area contributed by atoms with Crippen LogP contribution in [0.15, 0.2) is 35.0 Å². The van der Waals surface area contributed by atoms with Gasteiger partial charge in [-0.2, -0.15) is 0 Å². The fourth-order valence-corrected chi connectivity index (χ4v) is 1.06. The predicted octanol–water partition coefficient (Wildman–Crippen LogP) is 2.90. The van der Waals surface area contributed by atoms with Gasteiger partial charge < -0.3 is 9.73 Å². The summed E-state index contributed by atoms with van der Waals surface area (Å²) in [6.45, 7) is 8.99. The van der Waals surface area contributed by atoms with Crippen molar-refractivity contribution in [1.82, 2.24) is 5.32 Å². The van der Waals surface area contributed by atoms with E-state index in [4.69, 9.17) is 4.42 Å². The minimum absolute atomic E-state index is 0.262. The summed E-state index contributed by atoms with van der Waals surface area (Å²) in [5.74, 6) is 0.976. The van der Waals surface area contributed by atoms with Crippen molar-refractivity contribution in [2.45, 2.75) is 26.3 Å². The van der Waals surface area contributed by atoms with Gasteiger partial charge in [0.05, 0.1) is 12.3 Å². The van der Waals surface area contributed by atoms with E-state index in [1.165, 1.54) is 5.57 Å². The molecule has 0 aliphatic rings. The van der Waals surface area contributed by atoms with Crippen molar-refractivity contribution < 1.29 is 4.42 Å². The van der Waals surface area contributed by atoms with E-state index in [1.807, 2.05) is 12.1 Å². The first-order valence-corrected chi connectivity index (χ1v) is 4.67. The largest absolute Gasteiger partial charge is 0.468 e. The van der Waals surface area contributed by atoms with E-state index in [0.717, 1.165) is 18.7 Å². The molecule has 0 fully saturated rings. The summed E-state index contributed by atoms with van der Waals surface area (Å²) in [4.78, 5) is 0. The number of rotatable bonds is 5. The van der Waals surface area contributed by atoms with Crippen molar-refractivity contribution in [3.63, 3.8) is 0 Å². The number of nitrogens with one attached hydrogen (secondary N) is 1. The second-order valence-corrected chi connectivity index (χ2v) is 3.22. The van der Waals surface area contributed by atoms with Crippen LogP contribution in [0.5, 0.6) is 0 Å². The minimum Gasteiger partial charge on any atom is -0.468 e. The number of furan rings is 1. The van der Waals surface area contributed by atoms with Crippen molar-refractivity contribution in [3.05, 3.63) is 36.3 Å². The Kier molecular flexibility index (Phi) is 3.77. The summed E-state index contributed by atoms with van der Waals surface area (Å²) in [6, 6.07) is 4.15. The normalized spacial score (nSPS) is 12.8. The van der Waals surface area contributed by atoms with Gasteiger partial charge in [-0.3, -0.25) is 0 Å². The fourth-order valence-electron chi connectivity index (χ4n) is 1.06. The standard InChI is InChI=1S/C11H17NO/c1-4-9(2)8-12-10(3)11-6-5-7-13-11/h5-7,10,12H,2,4,8H2,1,3H3/t10-/m0/s1. The van der Waals surface area contributed by atoms with Crippen LogP contribution in [-0.2, 0) is 0 Å². The molecule has 1 rings (SSSR count). The third-order valence-corrected chi connectivity index (χ3v) is 2.13. The molecule has 0 spiro atoms. The number of hydrogen-bond acceptors (Lipinski definition) is 2. The van der Waals surface area contributed by atoms with E-state index < -0.39 is 0 Å². The Morgan fingerprint density at radius 1 is 1.69 bits per heavy atom. The highest BCUT2D eigenvalue weighted by atomic mass is 16.3. The summed E-state index contributed by atoms with van der Waals surface area (Å²) in [7, 11) is 0. The molecule has 0 aliphatic heterocycles. The molecule has 1 atom stereocenters. The topological polar surface area (TPSA) is 25.2 Å². The monoisotopic (exact) mass is 179 g/mol. The molecule has 1 aromatic heterocycles. The summed E-state index contributed by atoms with van der Waals surface area (Å²) in [5, 5.41) is 3.34. The van der Waals surface area contributed by atoms with Gasteiger partial charge in [-0.1, -0.05) is 19.1 Å². The van der Waals surface area contributed by atoms with Gasteiger partial charge in [0.15, 0.2) is 0 Å². The fraction of sp³-hybridized carbons (Fsp3) is 0.455. The second-order valence-electron chi connectivity index (χ2n) is 3.22. The van der Waals surface area contributed by atoms with E-state index in [2.05, 4.69) is 25.7 Å². The molecule has 1 aromatic rings. The van der Waals surface area contributed by atoms with Crippen LogP contribution in [-0.4, -0.2) is 6.54 Å². The highest BCUT2D eigenvalue weighted by Crippen LogP contribution is 2.12. The molecule has 13 heavy (non-hydrogen) atoms. The first-order chi connectivity index (χ1) is 6.24. The van der Waals surface area contributed by atoms with Crippen LogP contribution in [0.3, 0.4) is 0 Å². The quantitative estimate of drug-likeness (QED) is 0.703. The molecule has 2 heteroatoms. The zero-order valence-corrected chi connectivity index (χ0v) is 8.34. The lowest BCUT2D eigenvalue weighted by atomic mass is 10.2. The average Bonchev–Trinajstić information content (AvgIpc) is 2.66. The van der Waals surface area contributed by atoms with Crippen LogP contribution in [0.2, 0.25) is 0 Å². The Balaban J connectivity index is 2.34. The summed E-state index contributed by atoms with van der Waals surface area (Å²) in [5.41, 5.74) is 1.22. The Bertz CT molecular complexity index is 251. The smallest absolute Gasteiger partial charge is 0.120 e. The third kappa shape index (κ3) is 3.07. The van der Waals surface area contributed by atoms with Gasteiger partial charge in [0.2, 0.25) is 0 Å². The molecule has 0 radical (unpaired) electrons. The first kappa shape index (κ1) is 10.1. The van der Waals surface area contributed by atoms with Gasteiger partial charge in [-0.05, 0) is 25.5 Å². The maximum absolute atomic E-state index is 5.27. The maximum Gasteiger partial charge on any atom is 0.120 e. The summed E-state index contributed by atoms with van der Waals surface area (Å²) < 4.78 is 5.27. The van der Waals surface area contributed by atoms with Gasteiger partial charge in [-0.15, -0.1) is 0 Å². The Labute approximate surface area is 79.6 Å². The Morgan fingerprint density at radius 2 is 2.46 bits per heavy atom. The zero-order valence-electron chi connectivity index (χ0n) is 8.34. The van der Waals surface area contributed by atoms with E-state index in [-0.39, 0.29) is 6.04 Å². The van der Waals surface area contributed by atoms with Crippen LogP contribution < -0.4 is 5.32 Å². The molecule has 72 valence electrons. The van der Waals surface area contributed by atoms with Crippen molar-refractivity contribution in [2.24, 2.45) is 0 Å². The Hall–Kier alpha value is -1.02. The van der Waals surface area contributed by atoms with Crippen molar-refractivity contribution in [2.75, 3.05) is 6.54 Å². The maximum atomic E-state index is 5.27. The van der Waals surface area contributed by atoms with Crippen molar-refractivity contribution in [3.8, 4) is 0 Å². The second kappa shape index (κ2) is 4.87. The molecule has 0 saturated carbocycles. The molecule has 0 aromatic carbocycles. The van der Waals surface area contributed by atoms with Crippen LogP contribution in [0, 0.1) is 0 Å². The van der Waals surface area contributed by atoms with Gasteiger partial charge in [0.1, 0.15) is 5.76 Å². The van der Waals surface area contributed by atoms with Gasteiger partial charge >= 0.3 is 0 Å². The third-order valence-electron chi connectivity index (χ3n) is 2.13. The summed E-state index contributed by atoms with van der Waals surface area (Å²) >= 11 is 0. The molecule has 0 bridgehead atoms. The van der Waals surface area contributed by atoms with Crippen LogP contribution >= 0.6 is 0 Å². The molecule has 1 N–H and O–H groups in total. The molecule has 2 nitrogen and oxygen atoms in total. The van der Waals surface area contributed by atoms with Crippen LogP contribution in [0.4, 0.5) is 0 Å². The number of hydrogen-bond donors (Lipinski definition) is 1. The Morgan fingerprint density at radius 3 is 3.00 bits per heavy atom. The average molecular weight is 179 g/mol. The lowest BCUT2D eigenvalue weighted by Crippen LogP contribution is -2.20. The highest BCUT2D eigenvalue weighted by Gasteiger charge is 2.06. The van der Waals surface area contributed by atoms with E-state index >= 15 is 0 Å². The zero-order chi connectivity index (χ0) is 9.68. The van der Waals surface area contributed by atoms with Gasteiger partial charge in [-0.25, -0.2) is 0 Å². The van der Waals surface area contributed by atoms with Gasteiger partial charge in [0.25, 0.3) is 0 Å². The molecular formula is C11H17NO. The van der Waals surface area contributed by atoms with E-state index in [9.17, 15) is 0 Å². The lowest BCUT2D eigenvalue weighted by Gasteiger charge is -2.11. The molecule has 0 aliphatic carbocycles. The van der Waals surface area contributed by atoms with Gasteiger partial charge in [0, 0.05) is 6.54 Å². The van der Waals surface area contributed by atoms with Crippen LogP contribution in [0.25, 0.3) is 0 Å². The van der Waals surface area contributed by atoms with Crippen LogP contribution in [0.1, 0.15) is 32.1 Å². The summed E-state index contributed by atoms with van der Waals surface area (Å²) in [6.07, 6.45) is 2.72. The molecule has 0 amide bonds. The van der Waals surface area contributed by atoms with E-state index in [1.54, 1.807) is 6.26 Å². The molecule has 0 unspecified atom stereocenters. The molecular weight excluding hydrogens is 162 g/mol. The van der Waals surface area contributed by atoms with Crippen molar-refractivity contribution in [1.29, 1.82) is 0 Å². The van der Waals surface area contributed by atoms with Crippen molar-refractivity contribution >= 4 is 0 Å². The highest BCUT2D eigenvalue weighted by molar-refractivity contribution is 5.04. The first-order valence-electron chi connectivity index (χ1n) is 4.67. The SMILES string of the molecule is C=C(CC)CN[C@@H](C)c1ccco1.